The molecule has 0 saturated carbocycles. The average Bonchev–Trinajstić information content (AvgIpc) is 3.38. The normalized spacial score (nSPS) is 11.4. The standard InChI is InChI=1S/C21H18N4O3S2/c22-30(27,28)17-9-4-8-16(12-17)23-21(26)18-14-25(13-15-6-2-1-3-7-15)24-20(18)19-10-5-11-29-19/h1-12,14H,13H2,(H,23,26)(H2,22,27,28). The number of nitrogens with zero attached hydrogens (tertiary/aromatic N) is 2. The molecule has 4 rings (SSSR count). The fourth-order valence-electron chi connectivity index (χ4n) is 2.98. The van der Waals surface area contributed by atoms with Crippen molar-refractivity contribution < 1.29 is 13.2 Å². The molecule has 0 aliphatic carbocycles. The van der Waals surface area contributed by atoms with Crippen molar-refractivity contribution in [1.29, 1.82) is 0 Å². The summed E-state index contributed by atoms with van der Waals surface area (Å²) >= 11 is 1.49. The van der Waals surface area contributed by atoms with Gasteiger partial charge in [-0.15, -0.1) is 11.3 Å². The first kappa shape index (κ1) is 20.0. The number of amides is 1. The van der Waals surface area contributed by atoms with Crippen LogP contribution in [-0.2, 0) is 16.6 Å². The third-order valence-electron chi connectivity index (χ3n) is 4.37. The van der Waals surface area contributed by atoms with Crippen molar-refractivity contribution in [3.05, 3.63) is 89.4 Å². The molecule has 0 spiro atoms. The van der Waals surface area contributed by atoms with E-state index in [0.717, 1.165) is 10.4 Å². The van der Waals surface area contributed by atoms with E-state index in [1.165, 1.54) is 29.5 Å². The molecule has 4 aromatic rings. The van der Waals surface area contributed by atoms with Gasteiger partial charge in [-0.05, 0) is 35.2 Å². The van der Waals surface area contributed by atoms with Crippen LogP contribution < -0.4 is 10.5 Å². The number of thiophene rings is 1. The third kappa shape index (κ3) is 4.48. The minimum Gasteiger partial charge on any atom is -0.322 e. The van der Waals surface area contributed by atoms with Crippen LogP contribution in [0.4, 0.5) is 5.69 Å². The first-order chi connectivity index (χ1) is 14.4. The highest BCUT2D eigenvalue weighted by molar-refractivity contribution is 7.89. The molecular formula is C21H18N4O3S2. The van der Waals surface area contributed by atoms with Crippen LogP contribution in [0, 0.1) is 0 Å². The number of carbonyl (C=O) groups is 1. The molecule has 0 aliphatic heterocycles. The zero-order chi connectivity index (χ0) is 21.1. The van der Waals surface area contributed by atoms with Crippen molar-refractivity contribution >= 4 is 33.0 Å². The van der Waals surface area contributed by atoms with Crippen molar-refractivity contribution in [2.24, 2.45) is 5.14 Å². The van der Waals surface area contributed by atoms with Crippen LogP contribution in [0.25, 0.3) is 10.6 Å². The van der Waals surface area contributed by atoms with Gasteiger partial charge in [0.2, 0.25) is 10.0 Å². The smallest absolute Gasteiger partial charge is 0.259 e. The summed E-state index contributed by atoms with van der Waals surface area (Å²) in [6.07, 6.45) is 1.70. The molecule has 152 valence electrons. The van der Waals surface area contributed by atoms with Gasteiger partial charge in [0, 0.05) is 11.9 Å². The summed E-state index contributed by atoms with van der Waals surface area (Å²) in [5.41, 5.74) is 2.36. The van der Waals surface area contributed by atoms with Crippen LogP contribution in [0.5, 0.6) is 0 Å². The Morgan fingerprint density at radius 2 is 1.87 bits per heavy atom. The summed E-state index contributed by atoms with van der Waals surface area (Å²) in [4.78, 5) is 13.8. The van der Waals surface area contributed by atoms with Gasteiger partial charge in [-0.25, -0.2) is 13.6 Å². The van der Waals surface area contributed by atoms with E-state index in [-0.39, 0.29) is 10.8 Å². The van der Waals surface area contributed by atoms with Gasteiger partial charge in [-0.3, -0.25) is 9.48 Å². The van der Waals surface area contributed by atoms with Crippen LogP contribution in [0.15, 0.2) is 83.2 Å². The Hall–Kier alpha value is -3.27. The van der Waals surface area contributed by atoms with Gasteiger partial charge < -0.3 is 5.32 Å². The molecule has 0 bridgehead atoms. The fourth-order valence-corrected chi connectivity index (χ4v) is 4.27. The maximum atomic E-state index is 13.0. The number of aromatic nitrogens is 2. The minimum absolute atomic E-state index is 0.0708. The number of primary sulfonamides is 1. The van der Waals surface area contributed by atoms with E-state index in [4.69, 9.17) is 5.14 Å². The maximum absolute atomic E-state index is 13.0. The highest BCUT2D eigenvalue weighted by Crippen LogP contribution is 2.28. The summed E-state index contributed by atoms with van der Waals surface area (Å²) in [5.74, 6) is -0.385. The lowest BCUT2D eigenvalue weighted by Gasteiger charge is -2.06. The SMILES string of the molecule is NS(=O)(=O)c1cccc(NC(=O)c2cn(Cc3ccccc3)nc2-c2cccs2)c1. The largest absolute Gasteiger partial charge is 0.322 e. The van der Waals surface area contributed by atoms with Crippen LogP contribution in [0.2, 0.25) is 0 Å². The van der Waals surface area contributed by atoms with Gasteiger partial charge >= 0.3 is 0 Å². The van der Waals surface area contributed by atoms with Crippen LogP contribution in [0.1, 0.15) is 15.9 Å². The highest BCUT2D eigenvalue weighted by Gasteiger charge is 2.19. The van der Waals surface area contributed by atoms with E-state index in [0.29, 0.717) is 23.5 Å². The van der Waals surface area contributed by atoms with Gasteiger partial charge in [0.15, 0.2) is 0 Å². The molecule has 7 nitrogen and oxygen atoms in total. The van der Waals surface area contributed by atoms with E-state index >= 15 is 0 Å². The van der Waals surface area contributed by atoms with Crippen LogP contribution in [-0.4, -0.2) is 24.1 Å². The van der Waals surface area contributed by atoms with E-state index in [2.05, 4.69) is 10.4 Å². The second kappa shape index (κ2) is 8.23. The van der Waals surface area contributed by atoms with Crippen molar-refractivity contribution in [1.82, 2.24) is 9.78 Å². The molecule has 0 fully saturated rings. The lowest BCUT2D eigenvalue weighted by Crippen LogP contribution is -2.15. The zero-order valence-corrected chi connectivity index (χ0v) is 17.4. The Balaban J connectivity index is 1.66. The molecule has 2 aromatic heterocycles. The predicted octanol–water partition coefficient (Wildman–Crippen LogP) is 3.56. The van der Waals surface area contributed by atoms with E-state index in [1.54, 1.807) is 16.9 Å². The third-order valence-corrected chi connectivity index (χ3v) is 6.16. The predicted molar refractivity (Wildman–Crippen MR) is 117 cm³/mol. The van der Waals surface area contributed by atoms with Crippen LogP contribution in [0.3, 0.4) is 0 Å². The van der Waals surface area contributed by atoms with E-state index in [9.17, 15) is 13.2 Å². The van der Waals surface area contributed by atoms with Crippen molar-refractivity contribution in [2.45, 2.75) is 11.4 Å². The summed E-state index contributed by atoms with van der Waals surface area (Å²) in [6.45, 7) is 0.521. The quantitative estimate of drug-likeness (QED) is 0.480. The Morgan fingerprint density at radius 3 is 2.57 bits per heavy atom. The highest BCUT2D eigenvalue weighted by atomic mass is 32.2. The van der Waals surface area contributed by atoms with Crippen molar-refractivity contribution in [3.8, 4) is 10.6 Å². The summed E-state index contributed by atoms with van der Waals surface area (Å²) < 4.78 is 24.9. The maximum Gasteiger partial charge on any atom is 0.259 e. The Labute approximate surface area is 177 Å². The summed E-state index contributed by atoms with van der Waals surface area (Å²) in [5, 5.41) is 14.5. The fraction of sp³-hybridized carbons (Fsp3) is 0.0476. The van der Waals surface area contributed by atoms with E-state index < -0.39 is 10.0 Å². The lowest BCUT2D eigenvalue weighted by molar-refractivity contribution is 0.102. The molecule has 30 heavy (non-hydrogen) atoms. The lowest BCUT2D eigenvalue weighted by atomic mass is 10.2. The zero-order valence-electron chi connectivity index (χ0n) is 15.7. The number of benzene rings is 2. The molecule has 0 atom stereocenters. The summed E-state index contributed by atoms with van der Waals surface area (Å²) in [6, 6.07) is 19.4. The van der Waals surface area contributed by atoms with Crippen LogP contribution >= 0.6 is 11.3 Å². The molecule has 0 unspecified atom stereocenters. The number of nitrogens with two attached hydrogens (primary N) is 1. The molecule has 1 amide bonds. The van der Waals surface area contributed by atoms with Gasteiger partial charge in [0.05, 0.1) is 21.9 Å². The van der Waals surface area contributed by atoms with E-state index in [1.807, 2.05) is 47.8 Å². The molecule has 0 saturated heterocycles. The molecule has 0 radical (unpaired) electrons. The van der Waals surface area contributed by atoms with Crippen molar-refractivity contribution in [2.75, 3.05) is 5.32 Å². The first-order valence-electron chi connectivity index (χ1n) is 8.99. The molecular weight excluding hydrogens is 420 g/mol. The number of hydrogen-bond donors (Lipinski definition) is 2. The average molecular weight is 439 g/mol. The monoisotopic (exact) mass is 438 g/mol. The minimum atomic E-state index is -3.87. The number of sulfonamides is 1. The molecule has 9 heteroatoms. The Morgan fingerprint density at radius 1 is 1.07 bits per heavy atom. The van der Waals surface area contributed by atoms with Gasteiger partial charge in [-0.1, -0.05) is 42.5 Å². The van der Waals surface area contributed by atoms with Crippen molar-refractivity contribution in [3.63, 3.8) is 0 Å². The molecule has 3 N–H and O–H groups in total. The topological polar surface area (TPSA) is 107 Å². The number of carbonyl (C=O) groups excluding carboxylic acids is 1. The molecule has 2 heterocycles. The molecule has 2 aromatic carbocycles. The first-order valence-corrected chi connectivity index (χ1v) is 11.4. The van der Waals surface area contributed by atoms with Gasteiger partial charge in [0.1, 0.15) is 5.69 Å². The Bertz CT molecular complexity index is 1280. The second-order valence-corrected chi connectivity index (χ2v) is 9.09. The Kier molecular flexibility index (Phi) is 5.49. The molecule has 0 aliphatic rings. The number of hydrogen-bond acceptors (Lipinski definition) is 5. The number of rotatable bonds is 6. The second-order valence-electron chi connectivity index (χ2n) is 6.58. The number of nitrogens with one attached hydrogen (secondary N) is 1. The van der Waals surface area contributed by atoms with Gasteiger partial charge in [-0.2, -0.15) is 5.10 Å². The summed E-state index contributed by atoms with van der Waals surface area (Å²) in [7, 11) is -3.87. The van der Waals surface area contributed by atoms with Gasteiger partial charge in [0.25, 0.3) is 5.91 Å². The number of anilines is 1.